The zero-order valence-corrected chi connectivity index (χ0v) is 15.2. The predicted molar refractivity (Wildman–Crippen MR) is 93.7 cm³/mol. The number of hydrogen-bond donors (Lipinski definition) is 1. The molecule has 2 heterocycles. The van der Waals surface area contributed by atoms with Gasteiger partial charge in [0, 0.05) is 30.3 Å². The molecule has 0 spiro atoms. The molecule has 0 aliphatic carbocycles. The quantitative estimate of drug-likeness (QED) is 0.649. The van der Waals surface area contributed by atoms with E-state index in [1.54, 1.807) is 12.1 Å². The lowest BCUT2D eigenvalue weighted by Crippen LogP contribution is -2.54. The summed E-state index contributed by atoms with van der Waals surface area (Å²) in [6, 6.07) is 4.70. The maximum Gasteiger partial charge on any atom is 0.270 e. The molecule has 2 aliphatic heterocycles. The molecule has 1 N–H and O–H groups in total. The molecule has 1 fully saturated rings. The van der Waals surface area contributed by atoms with Gasteiger partial charge in [0.2, 0.25) is 0 Å². The average Bonchev–Trinajstić information content (AvgIpc) is 2.78. The van der Waals surface area contributed by atoms with Crippen LogP contribution in [0.4, 0.5) is 5.69 Å². The number of nitro groups is 1. The number of halogens is 1. The van der Waals surface area contributed by atoms with Crippen LogP contribution in [0.3, 0.4) is 0 Å². The number of ether oxygens (including phenoxy) is 1. The van der Waals surface area contributed by atoms with Gasteiger partial charge in [-0.1, -0.05) is 6.92 Å². The minimum atomic E-state index is -0.746. The third-order valence-electron chi connectivity index (χ3n) is 5.10. The molecule has 7 heteroatoms. The minimum Gasteiger partial charge on any atom is -0.485 e. The number of nitrogens with zero attached hydrogens (tertiary/aromatic N) is 2. The second kappa shape index (κ2) is 6.50. The van der Waals surface area contributed by atoms with Crippen LogP contribution in [-0.2, 0) is 0 Å². The predicted octanol–water partition coefficient (Wildman–Crippen LogP) is 3.32. The zero-order valence-electron chi connectivity index (χ0n) is 14.4. The summed E-state index contributed by atoms with van der Waals surface area (Å²) < 4.78 is 5.92. The number of benzene rings is 1. The fraction of sp³-hybridized carbons (Fsp3) is 0.647. The van der Waals surface area contributed by atoms with Crippen molar-refractivity contribution in [2.75, 3.05) is 6.54 Å². The van der Waals surface area contributed by atoms with Crippen molar-refractivity contribution in [2.24, 2.45) is 5.92 Å². The van der Waals surface area contributed by atoms with Crippen molar-refractivity contribution in [1.29, 1.82) is 0 Å². The second-order valence-electron chi connectivity index (χ2n) is 7.46. The second-order valence-corrected chi connectivity index (χ2v) is 7.46. The smallest absolute Gasteiger partial charge is 0.270 e. The summed E-state index contributed by atoms with van der Waals surface area (Å²) in [5.74, 6) is 1.17. The lowest BCUT2D eigenvalue weighted by molar-refractivity contribution is -0.385. The summed E-state index contributed by atoms with van der Waals surface area (Å²) in [7, 11) is 0. The normalized spacial score (nSPS) is 31.7. The van der Waals surface area contributed by atoms with Gasteiger partial charge in [0.25, 0.3) is 5.69 Å². The first-order chi connectivity index (χ1) is 10.7. The molecule has 0 bridgehead atoms. The van der Waals surface area contributed by atoms with Crippen LogP contribution in [-0.4, -0.2) is 39.2 Å². The number of nitro benzene ring substituents is 1. The van der Waals surface area contributed by atoms with Gasteiger partial charge in [-0.3, -0.25) is 15.0 Å². The van der Waals surface area contributed by atoms with Crippen molar-refractivity contribution >= 4 is 18.1 Å². The van der Waals surface area contributed by atoms with Gasteiger partial charge < -0.3 is 9.84 Å². The summed E-state index contributed by atoms with van der Waals surface area (Å²) in [6.07, 6.45) is 0.319. The van der Waals surface area contributed by atoms with Gasteiger partial charge in [-0.25, -0.2) is 0 Å². The first-order valence-electron chi connectivity index (χ1n) is 8.12. The largest absolute Gasteiger partial charge is 0.485 e. The highest BCUT2D eigenvalue weighted by molar-refractivity contribution is 5.85. The number of non-ortho nitro benzene ring substituents is 1. The summed E-state index contributed by atoms with van der Waals surface area (Å²) in [4.78, 5) is 13.0. The maximum absolute atomic E-state index is 11.1. The van der Waals surface area contributed by atoms with E-state index >= 15 is 0 Å². The van der Waals surface area contributed by atoms with Crippen molar-refractivity contribution in [3.63, 3.8) is 0 Å². The van der Waals surface area contributed by atoms with Crippen LogP contribution in [0.5, 0.6) is 5.75 Å². The Bertz CT molecular complexity index is 637. The van der Waals surface area contributed by atoms with E-state index in [2.05, 4.69) is 18.7 Å². The van der Waals surface area contributed by atoms with Crippen molar-refractivity contribution in [3.8, 4) is 5.75 Å². The van der Waals surface area contributed by atoms with Gasteiger partial charge in [0.05, 0.1) is 11.0 Å². The number of hydrogen-bond acceptors (Lipinski definition) is 5. The highest BCUT2D eigenvalue weighted by Crippen LogP contribution is 2.46. The maximum atomic E-state index is 11.1. The Hall–Kier alpha value is -1.37. The fourth-order valence-corrected chi connectivity index (χ4v) is 3.95. The summed E-state index contributed by atoms with van der Waals surface area (Å²) in [6.45, 7) is 8.94. The molecule has 0 radical (unpaired) electrons. The third-order valence-corrected chi connectivity index (χ3v) is 5.10. The zero-order chi connectivity index (χ0) is 16.9. The number of aliphatic hydroxyl groups excluding tert-OH is 1. The standard InChI is InChI=1S/C17H24N2O4.ClH/c1-10-7-11(2)18(9-10)15-13-8-12(19(21)22)5-6-14(13)23-17(3,4)16(15)20;/h5-6,8,10-11,15-16,20H,7,9H2,1-4H3;1H/t10?,11?,15-,16+;/m1./s1. The van der Waals surface area contributed by atoms with E-state index in [1.165, 1.54) is 6.07 Å². The summed E-state index contributed by atoms with van der Waals surface area (Å²) in [5.41, 5.74) is 0.00966. The molecule has 0 saturated carbocycles. The molecule has 134 valence electrons. The van der Waals surface area contributed by atoms with Crippen LogP contribution in [0.2, 0.25) is 0 Å². The topological polar surface area (TPSA) is 75.8 Å². The third kappa shape index (κ3) is 3.10. The van der Waals surface area contributed by atoms with Gasteiger partial charge in [-0.05, 0) is 39.2 Å². The molecule has 4 atom stereocenters. The van der Waals surface area contributed by atoms with Gasteiger partial charge >= 0.3 is 0 Å². The monoisotopic (exact) mass is 356 g/mol. The molecule has 2 aliphatic rings. The minimum absolute atomic E-state index is 0. The molecule has 1 saturated heterocycles. The van der Waals surface area contributed by atoms with Gasteiger partial charge in [0.1, 0.15) is 17.5 Å². The van der Waals surface area contributed by atoms with Crippen LogP contribution >= 0.6 is 12.4 Å². The van der Waals surface area contributed by atoms with E-state index in [-0.39, 0.29) is 24.1 Å². The van der Waals surface area contributed by atoms with E-state index in [9.17, 15) is 15.2 Å². The van der Waals surface area contributed by atoms with Crippen LogP contribution in [0.25, 0.3) is 0 Å². The van der Waals surface area contributed by atoms with Gasteiger partial charge in [-0.15, -0.1) is 12.4 Å². The Morgan fingerprint density at radius 2 is 2.04 bits per heavy atom. The Kier molecular flexibility index (Phi) is 5.14. The SMILES string of the molecule is CC1CC(C)N([C@@H]2c3cc([N+](=O)[O-])ccc3OC(C)(C)[C@H]2O)C1.Cl. The van der Waals surface area contributed by atoms with Crippen LogP contribution in [0.15, 0.2) is 18.2 Å². The molecule has 3 rings (SSSR count). The Labute approximate surface area is 148 Å². The molecule has 0 amide bonds. The Morgan fingerprint density at radius 1 is 1.38 bits per heavy atom. The molecule has 1 aromatic carbocycles. The molecular formula is C17H25ClN2O4. The van der Waals surface area contributed by atoms with E-state index in [1.807, 2.05) is 13.8 Å². The molecule has 24 heavy (non-hydrogen) atoms. The van der Waals surface area contributed by atoms with Crippen molar-refractivity contribution in [2.45, 2.75) is 57.9 Å². The first-order valence-corrected chi connectivity index (χ1v) is 8.12. The summed E-state index contributed by atoms with van der Waals surface area (Å²) in [5, 5.41) is 22.0. The highest BCUT2D eigenvalue weighted by atomic mass is 35.5. The Balaban J connectivity index is 0.00000208. The molecule has 0 aromatic heterocycles. The number of fused-ring (bicyclic) bond motifs is 1. The van der Waals surface area contributed by atoms with Crippen LogP contribution in [0.1, 0.15) is 45.7 Å². The lowest BCUT2D eigenvalue weighted by Gasteiger charge is -2.46. The number of aliphatic hydroxyl groups is 1. The van der Waals surface area contributed by atoms with Crippen LogP contribution in [0, 0.1) is 16.0 Å². The number of rotatable bonds is 2. The van der Waals surface area contributed by atoms with Crippen LogP contribution < -0.4 is 4.74 Å². The molecule has 2 unspecified atom stereocenters. The average molecular weight is 357 g/mol. The van der Waals surface area contributed by atoms with E-state index in [0.29, 0.717) is 23.3 Å². The van der Waals surface area contributed by atoms with Gasteiger partial charge in [0.15, 0.2) is 0 Å². The van der Waals surface area contributed by atoms with E-state index in [0.717, 1.165) is 13.0 Å². The first kappa shape index (κ1) is 19.0. The number of likely N-dealkylation sites (tertiary alicyclic amines) is 1. The summed E-state index contributed by atoms with van der Waals surface area (Å²) >= 11 is 0. The Morgan fingerprint density at radius 3 is 2.58 bits per heavy atom. The van der Waals surface area contributed by atoms with E-state index in [4.69, 9.17) is 4.74 Å². The van der Waals surface area contributed by atoms with E-state index < -0.39 is 16.6 Å². The fourth-order valence-electron chi connectivity index (χ4n) is 3.95. The van der Waals surface area contributed by atoms with Crippen molar-refractivity contribution in [1.82, 2.24) is 4.90 Å². The molecular weight excluding hydrogens is 332 g/mol. The lowest BCUT2D eigenvalue weighted by atomic mass is 9.85. The molecule has 6 nitrogen and oxygen atoms in total. The van der Waals surface area contributed by atoms with Gasteiger partial charge in [-0.2, -0.15) is 0 Å². The van der Waals surface area contributed by atoms with Crippen molar-refractivity contribution in [3.05, 3.63) is 33.9 Å². The van der Waals surface area contributed by atoms with Crippen molar-refractivity contribution < 1.29 is 14.8 Å². The molecule has 1 aromatic rings. The highest BCUT2D eigenvalue weighted by Gasteiger charge is 2.48.